The molecule has 144 valence electrons. The zero-order valence-electron chi connectivity index (χ0n) is 14.8. The van der Waals surface area contributed by atoms with Gasteiger partial charge in [-0.3, -0.25) is 14.5 Å². The highest BCUT2D eigenvalue weighted by atomic mass is 35.5. The Morgan fingerprint density at radius 3 is 2.70 bits per heavy atom. The topological polar surface area (TPSA) is 70.7 Å². The van der Waals surface area contributed by atoms with E-state index >= 15 is 0 Å². The average molecular weight is 408 g/mol. The Balaban J connectivity index is 1.51. The summed E-state index contributed by atoms with van der Waals surface area (Å²) in [6.07, 6.45) is 0. The number of amides is 2. The molecule has 0 bridgehead atoms. The molecule has 0 aliphatic carbocycles. The minimum atomic E-state index is -0.323. The maximum absolute atomic E-state index is 12.2. The molecule has 1 aromatic heterocycles. The van der Waals surface area contributed by atoms with Gasteiger partial charge in [0.15, 0.2) is 0 Å². The van der Waals surface area contributed by atoms with Gasteiger partial charge in [0.1, 0.15) is 0 Å². The first-order valence-corrected chi connectivity index (χ1v) is 10.0. The molecule has 2 heterocycles. The molecule has 1 fully saturated rings. The Bertz CT molecular complexity index is 763. The summed E-state index contributed by atoms with van der Waals surface area (Å²) >= 11 is 7.56. The summed E-state index contributed by atoms with van der Waals surface area (Å²) in [6, 6.07) is 10.8. The van der Waals surface area contributed by atoms with Crippen LogP contribution < -0.4 is 10.6 Å². The van der Waals surface area contributed by atoms with Gasteiger partial charge in [-0.05, 0) is 29.6 Å². The molecule has 2 N–H and O–H groups in total. The predicted molar refractivity (Wildman–Crippen MR) is 106 cm³/mol. The van der Waals surface area contributed by atoms with E-state index in [-0.39, 0.29) is 24.4 Å². The SMILES string of the molecule is O=C(CNC(=O)c1cccc(Cl)c1)NC[C@H](c1cccs1)N1CCOCC1. The molecule has 27 heavy (non-hydrogen) atoms. The lowest BCUT2D eigenvalue weighted by molar-refractivity contribution is -0.120. The molecule has 2 amide bonds. The Morgan fingerprint density at radius 1 is 1.19 bits per heavy atom. The van der Waals surface area contributed by atoms with Crippen LogP contribution in [0, 0.1) is 0 Å². The van der Waals surface area contributed by atoms with Crippen LogP contribution in [-0.2, 0) is 9.53 Å². The van der Waals surface area contributed by atoms with Crippen molar-refractivity contribution in [2.24, 2.45) is 0 Å². The number of nitrogens with one attached hydrogen (secondary N) is 2. The molecule has 1 aromatic carbocycles. The minimum Gasteiger partial charge on any atom is -0.379 e. The third-order valence-electron chi connectivity index (χ3n) is 4.35. The van der Waals surface area contributed by atoms with Crippen LogP contribution in [0.4, 0.5) is 0 Å². The van der Waals surface area contributed by atoms with Crippen molar-refractivity contribution < 1.29 is 14.3 Å². The highest BCUT2D eigenvalue weighted by Crippen LogP contribution is 2.25. The third-order valence-corrected chi connectivity index (χ3v) is 5.56. The fourth-order valence-corrected chi connectivity index (χ4v) is 4.00. The van der Waals surface area contributed by atoms with Crippen molar-refractivity contribution in [1.29, 1.82) is 0 Å². The van der Waals surface area contributed by atoms with Gasteiger partial charge >= 0.3 is 0 Å². The Morgan fingerprint density at radius 2 is 2.00 bits per heavy atom. The highest BCUT2D eigenvalue weighted by molar-refractivity contribution is 7.10. The molecule has 8 heteroatoms. The lowest BCUT2D eigenvalue weighted by atomic mass is 10.2. The summed E-state index contributed by atoms with van der Waals surface area (Å²) in [5.41, 5.74) is 0.431. The largest absolute Gasteiger partial charge is 0.379 e. The van der Waals surface area contributed by atoms with E-state index in [9.17, 15) is 9.59 Å². The highest BCUT2D eigenvalue weighted by Gasteiger charge is 2.24. The molecule has 1 saturated heterocycles. The van der Waals surface area contributed by atoms with Gasteiger partial charge in [-0.2, -0.15) is 0 Å². The molecule has 0 spiro atoms. The summed E-state index contributed by atoms with van der Waals surface area (Å²) in [5, 5.41) is 8.07. The van der Waals surface area contributed by atoms with Crippen molar-refractivity contribution in [2.45, 2.75) is 6.04 Å². The zero-order valence-corrected chi connectivity index (χ0v) is 16.4. The molecule has 2 aromatic rings. The monoisotopic (exact) mass is 407 g/mol. The summed E-state index contributed by atoms with van der Waals surface area (Å²) < 4.78 is 5.43. The summed E-state index contributed by atoms with van der Waals surface area (Å²) in [7, 11) is 0. The fraction of sp³-hybridized carbons (Fsp3) is 0.368. The first-order valence-electron chi connectivity index (χ1n) is 8.79. The minimum absolute atomic E-state index is 0.0778. The Labute approximate surface area is 167 Å². The fourth-order valence-electron chi connectivity index (χ4n) is 2.95. The first kappa shape index (κ1) is 19.8. The lowest BCUT2D eigenvalue weighted by Crippen LogP contribution is -2.45. The molecule has 6 nitrogen and oxygen atoms in total. The van der Waals surface area contributed by atoms with Gasteiger partial charge in [0.2, 0.25) is 5.91 Å². The molecular formula is C19H22ClN3O3S. The second kappa shape index (κ2) is 9.85. The summed E-state index contributed by atoms with van der Waals surface area (Å²) in [5.74, 6) is -0.546. The van der Waals surface area contributed by atoms with Crippen molar-refractivity contribution in [3.8, 4) is 0 Å². The molecule has 3 rings (SSSR count). The van der Waals surface area contributed by atoms with E-state index in [2.05, 4.69) is 21.6 Å². The third kappa shape index (κ3) is 5.77. The smallest absolute Gasteiger partial charge is 0.251 e. The number of halogens is 1. The number of thiophene rings is 1. The normalized spacial score (nSPS) is 15.9. The first-order chi connectivity index (χ1) is 13.1. The predicted octanol–water partition coefficient (Wildman–Crippen LogP) is 2.32. The van der Waals surface area contributed by atoms with Gasteiger partial charge in [-0.15, -0.1) is 11.3 Å². The quantitative estimate of drug-likeness (QED) is 0.739. The van der Waals surface area contributed by atoms with Crippen molar-refractivity contribution in [3.05, 3.63) is 57.2 Å². The second-order valence-corrected chi connectivity index (χ2v) is 7.59. The van der Waals surface area contributed by atoms with E-state index < -0.39 is 0 Å². The van der Waals surface area contributed by atoms with Crippen LogP contribution in [0.25, 0.3) is 0 Å². The zero-order chi connectivity index (χ0) is 19.1. The second-order valence-electron chi connectivity index (χ2n) is 6.18. The molecule has 1 aliphatic rings. The van der Waals surface area contributed by atoms with Gasteiger partial charge in [0.05, 0.1) is 25.8 Å². The van der Waals surface area contributed by atoms with Crippen LogP contribution >= 0.6 is 22.9 Å². The molecule has 0 saturated carbocycles. The van der Waals surface area contributed by atoms with Gasteiger partial charge in [0.25, 0.3) is 5.91 Å². The Kier molecular flexibility index (Phi) is 7.23. The number of carbonyl (C=O) groups excluding carboxylic acids is 2. The van der Waals surface area contributed by atoms with E-state index in [4.69, 9.17) is 16.3 Å². The number of ether oxygens (including phenoxy) is 1. The number of carbonyl (C=O) groups is 2. The van der Waals surface area contributed by atoms with E-state index in [0.717, 1.165) is 13.1 Å². The van der Waals surface area contributed by atoms with Crippen LogP contribution in [0.3, 0.4) is 0 Å². The van der Waals surface area contributed by atoms with Crippen LogP contribution in [0.1, 0.15) is 21.3 Å². The number of nitrogens with zero attached hydrogens (tertiary/aromatic N) is 1. The number of hydrogen-bond acceptors (Lipinski definition) is 5. The number of benzene rings is 1. The molecule has 0 radical (unpaired) electrons. The van der Waals surface area contributed by atoms with Crippen LogP contribution in [0.2, 0.25) is 5.02 Å². The number of hydrogen-bond donors (Lipinski definition) is 2. The van der Waals surface area contributed by atoms with E-state index in [1.807, 2.05) is 11.4 Å². The van der Waals surface area contributed by atoms with Crippen LogP contribution in [0.15, 0.2) is 41.8 Å². The van der Waals surface area contributed by atoms with Gasteiger partial charge in [-0.25, -0.2) is 0 Å². The molecular weight excluding hydrogens is 386 g/mol. The van der Waals surface area contributed by atoms with Crippen molar-refractivity contribution in [1.82, 2.24) is 15.5 Å². The standard InChI is InChI=1S/C19H22ClN3O3S/c20-15-4-1-3-14(11-15)19(25)22-13-18(24)21-12-16(17-5-2-10-27-17)23-6-8-26-9-7-23/h1-5,10-11,16H,6-9,12-13H2,(H,21,24)(H,22,25)/t16-/m1/s1. The maximum atomic E-state index is 12.2. The van der Waals surface area contributed by atoms with Crippen LogP contribution in [-0.4, -0.2) is 56.1 Å². The number of rotatable bonds is 7. The lowest BCUT2D eigenvalue weighted by Gasteiger charge is -2.34. The number of morpholine rings is 1. The van der Waals surface area contributed by atoms with E-state index in [1.54, 1.807) is 35.6 Å². The summed E-state index contributed by atoms with van der Waals surface area (Å²) in [6.45, 7) is 3.49. The molecule has 1 atom stereocenters. The van der Waals surface area contributed by atoms with Gasteiger partial charge in [-0.1, -0.05) is 23.7 Å². The summed E-state index contributed by atoms with van der Waals surface area (Å²) in [4.78, 5) is 27.8. The van der Waals surface area contributed by atoms with Gasteiger partial charge < -0.3 is 15.4 Å². The average Bonchev–Trinajstić information content (AvgIpc) is 3.21. The molecule has 0 unspecified atom stereocenters. The Hall–Kier alpha value is -1.93. The maximum Gasteiger partial charge on any atom is 0.251 e. The van der Waals surface area contributed by atoms with Crippen molar-refractivity contribution in [3.63, 3.8) is 0 Å². The van der Waals surface area contributed by atoms with E-state index in [1.165, 1.54) is 4.88 Å². The van der Waals surface area contributed by atoms with Crippen molar-refractivity contribution in [2.75, 3.05) is 39.4 Å². The van der Waals surface area contributed by atoms with Gasteiger partial charge in [0, 0.05) is 35.1 Å². The van der Waals surface area contributed by atoms with Crippen molar-refractivity contribution >= 4 is 34.8 Å². The van der Waals surface area contributed by atoms with E-state index in [0.29, 0.717) is 30.3 Å². The van der Waals surface area contributed by atoms with Crippen LogP contribution in [0.5, 0.6) is 0 Å². The molecule has 1 aliphatic heterocycles.